The minimum absolute atomic E-state index is 0.00532. The maximum Gasteiger partial charge on any atom is 0.240 e. The Balaban J connectivity index is 1.86. The maximum atomic E-state index is 12.1. The predicted octanol–water partition coefficient (Wildman–Crippen LogP) is 1.16. The molecule has 1 fully saturated rings. The van der Waals surface area contributed by atoms with Gasteiger partial charge in [0.15, 0.2) is 0 Å². The molecule has 116 valence electrons. The molecule has 1 amide bonds. The summed E-state index contributed by atoms with van der Waals surface area (Å²) in [7, 11) is -3.45. The summed E-state index contributed by atoms with van der Waals surface area (Å²) in [6.45, 7) is 3.07. The van der Waals surface area contributed by atoms with Crippen molar-refractivity contribution in [2.24, 2.45) is 0 Å². The molecule has 1 heterocycles. The third kappa shape index (κ3) is 4.82. The number of sulfonamides is 1. The lowest BCUT2D eigenvalue weighted by molar-refractivity contribution is -0.131. The van der Waals surface area contributed by atoms with Gasteiger partial charge in [-0.1, -0.05) is 30.3 Å². The van der Waals surface area contributed by atoms with Crippen LogP contribution in [0.15, 0.2) is 30.3 Å². The van der Waals surface area contributed by atoms with E-state index in [0.29, 0.717) is 6.42 Å². The summed E-state index contributed by atoms with van der Waals surface area (Å²) in [6.07, 6.45) is 2.44. The van der Waals surface area contributed by atoms with E-state index in [0.717, 1.165) is 31.5 Å². The smallest absolute Gasteiger partial charge is 0.240 e. The van der Waals surface area contributed by atoms with Crippen molar-refractivity contribution in [1.29, 1.82) is 0 Å². The number of hydrogen-bond acceptors (Lipinski definition) is 3. The first-order chi connectivity index (χ1) is 9.98. The number of hydrogen-bond donors (Lipinski definition) is 1. The molecule has 2 rings (SSSR count). The number of likely N-dealkylation sites (tertiary alicyclic amines) is 1. The standard InChI is InChI=1S/C15H22N2O3S/c1-13(15(18)17-10-5-6-11-17)16-21(19,20)12-9-14-7-3-2-4-8-14/h2-4,7-8,13,16H,5-6,9-12H2,1H3/t13-/m1/s1. The Bertz CT molecular complexity index is 566. The Labute approximate surface area is 126 Å². The van der Waals surface area contributed by atoms with Gasteiger partial charge >= 0.3 is 0 Å². The lowest BCUT2D eigenvalue weighted by Crippen LogP contribution is -2.46. The number of nitrogens with zero attached hydrogens (tertiary/aromatic N) is 1. The van der Waals surface area contributed by atoms with Gasteiger partial charge in [0.05, 0.1) is 11.8 Å². The highest BCUT2D eigenvalue weighted by molar-refractivity contribution is 7.89. The molecule has 1 aliphatic rings. The quantitative estimate of drug-likeness (QED) is 0.857. The van der Waals surface area contributed by atoms with Crippen molar-refractivity contribution >= 4 is 15.9 Å². The van der Waals surface area contributed by atoms with Gasteiger partial charge in [-0.2, -0.15) is 0 Å². The molecule has 1 saturated heterocycles. The van der Waals surface area contributed by atoms with Crippen LogP contribution in [0, 0.1) is 0 Å². The predicted molar refractivity (Wildman–Crippen MR) is 82.3 cm³/mol. The average molecular weight is 310 g/mol. The van der Waals surface area contributed by atoms with Crippen LogP contribution in [0.4, 0.5) is 0 Å². The van der Waals surface area contributed by atoms with Crippen LogP contribution >= 0.6 is 0 Å². The summed E-state index contributed by atoms with van der Waals surface area (Å²) in [5.74, 6) is -0.134. The molecule has 6 heteroatoms. The minimum atomic E-state index is -3.45. The first-order valence-corrected chi connectivity index (χ1v) is 8.96. The van der Waals surface area contributed by atoms with Crippen molar-refractivity contribution in [3.8, 4) is 0 Å². The lowest BCUT2D eigenvalue weighted by atomic mass is 10.2. The van der Waals surface area contributed by atoms with E-state index in [1.807, 2.05) is 30.3 Å². The van der Waals surface area contributed by atoms with E-state index < -0.39 is 16.1 Å². The normalized spacial score (nSPS) is 16.9. The Morgan fingerprint density at radius 2 is 1.86 bits per heavy atom. The monoisotopic (exact) mass is 310 g/mol. The average Bonchev–Trinajstić information content (AvgIpc) is 2.99. The van der Waals surface area contributed by atoms with Crippen LogP contribution in [0.25, 0.3) is 0 Å². The molecule has 1 N–H and O–H groups in total. The summed E-state index contributed by atoms with van der Waals surface area (Å²) < 4.78 is 26.6. The summed E-state index contributed by atoms with van der Waals surface area (Å²) in [4.78, 5) is 13.8. The number of rotatable bonds is 6. The topological polar surface area (TPSA) is 66.5 Å². The maximum absolute atomic E-state index is 12.1. The van der Waals surface area contributed by atoms with Gasteiger partial charge < -0.3 is 4.90 Å². The number of benzene rings is 1. The van der Waals surface area contributed by atoms with Gasteiger partial charge in [-0.05, 0) is 31.7 Å². The molecule has 1 aliphatic heterocycles. The molecule has 0 radical (unpaired) electrons. The zero-order valence-corrected chi connectivity index (χ0v) is 13.1. The Morgan fingerprint density at radius 1 is 1.24 bits per heavy atom. The highest BCUT2D eigenvalue weighted by Gasteiger charge is 2.26. The molecular formula is C15H22N2O3S. The van der Waals surface area contributed by atoms with E-state index in [2.05, 4.69) is 4.72 Å². The Hall–Kier alpha value is -1.40. The van der Waals surface area contributed by atoms with E-state index >= 15 is 0 Å². The second-order valence-electron chi connectivity index (χ2n) is 5.43. The first-order valence-electron chi connectivity index (χ1n) is 7.31. The van der Waals surface area contributed by atoms with Crippen LogP contribution in [0.3, 0.4) is 0 Å². The molecule has 0 unspecified atom stereocenters. The Kier molecular flexibility index (Phi) is 5.36. The van der Waals surface area contributed by atoms with Gasteiger partial charge in [0.1, 0.15) is 0 Å². The fourth-order valence-electron chi connectivity index (χ4n) is 2.49. The van der Waals surface area contributed by atoms with Crippen molar-refractivity contribution in [1.82, 2.24) is 9.62 Å². The van der Waals surface area contributed by atoms with E-state index in [1.54, 1.807) is 11.8 Å². The highest BCUT2D eigenvalue weighted by Crippen LogP contribution is 2.09. The van der Waals surface area contributed by atoms with Gasteiger partial charge in [-0.3, -0.25) is 4.79 Å². The zero-order chi connectivity index (χ0) is 15.3. The third-order valence-electron chi connectivity index (χ3n) is 3.65. The van der Waals surface area contributed by atoms with Crippen molar-refractivity contribution in [2.75, 3.05) is 18.8 Å². The molecule has 0 aliphatic carbocycles. The molecule has 21 heavy (non-hydrogen) atoms. The number of nitrogens with one attached hydrogen (secondary N) is 1. The fourth-order valence-corrected chi connectivity index (χ4v) is 3.75. The highest BCUT2D eigenvalue weighted by atomic mass is 32.2. The number of carbonyl (C=O) groups excluding carboxylic acids is 1. The van der Waals surface area contributed by atoms with Crippen LogP contribution in [-0.2, 0) is 21.2 Å². The molecule has 0 saturated carbocycles. The molecule has 0 spiro atoms. The second kappa shape index (κ2) is 7.04. The molecule has 0 aromatic heterocycles. The molecule has 5 nitrogen and oxygen atoms in total. The van der Waals surface area contributed by atoms with E-state index in [9.17, 15) is 13.2 Å². The second-order valence-corrected chi connectivity index (χ2v) is 7.30. The van der Waals surface area contributed by atoms with Crippen LogP contribution in [0.5, 0.6) is 0 Å². The van der Waals surface area contributed by atoms with E-state index in [-0.39, 0.29) is 11.7 Å². The summed E-state index contributed by atoms with van der Waals surface area (Å²) in [5.41, 5.74) is 0.974. The van der Waals surface area contributed by atoms with Crippen LogP contribution < -0.4 is 4.72 Å². The van der Waals surface area contributed by atoms with Crippen molar-refractivity contribution in [3.05, 3.63) is 35.9 Å². The molecular weight excluding hydrogens is 288 g/mol. The largest absolute Gasteiger partial charge is 0.341 e. The van der Waals surface area contributed by atoms with Crippen LogP contribution in [0.2, 0.25) is 0 Å². The summed E-state index contributed by atoms with van der Waals surface area (Å²) in [5, 5.41) is 0. The van der Waals surface area contributed by atoms with Gasteiger partial charge in [0, 0.05) is 13.1 Å². The van der Waals surface area contributed by atoms with Gasteiger partial charge in [0.2, 0.25) is 15.9 Å². The van der Waals surface area contributed by atoms with E-state index in [4.69, 9.17) is 0 Å². The minimum Gasteiger partial charge on any atom is -0.341 e. The van der Waals surface area contributed by atoms with Crippen LogP contribution in [-0.4, -0.2) is 44.1 Å². The van der Waals surface area contributed by atoms with Crippen LogP contribution in [0.1, 0.15) is 25.3 Å². The SMILES string of the molecule is C[C@@H](NS(=O)(=O)CCc1ccccc1)C(=O)N1CCCC1. The molecule has 1 atom stereocenters. The summed E-state index contributed by atoms with van der Waals surface area (Å²) >= 11 is 0. The van der Waals surface area contributed by atoms with Crippen molar-refractivity contribution < 1.29 is 13.2 Å². The Morgan fingerprint density at radius 3 is 2.48 bits per heavy atom. The zero-order valence-electron chi connectivity index (χ0n) is 12.3. The molecule has 0 bridgehead atoms. The van der Waals surface area contributed by atoms with Gasteiger partial charge in [0.25, 0.3) is 0 Å². The lowest BCUT2D eigenvalue weighted by Gasteiger charge is -2.21. The fraction of sp³-hybridized carbons (Fsp3) is 0.533. The van der Waals surface area contributed by atoms with Crippen molar-refractivity contribution in [2.45, 2.75) is 32.2 Å². The molecule has 1 aromatic rings. The third-order valence-corrected chi connectivity index (χ3v) is 5.10. The van der Waals surface area contributed by atoms with Gasteiger partial charge in [-0.25, -0.2) is 13.1 Å². The number of amides is 1. The van der Waals surface area contributed by atoms with Crippen molar-refractivity contribution in [3.63, 3.8) is 0 Å². The van der Waals surface area contributed by atoms with Gasteiger partial charge in [-0.15, -0.1) is 0 Å². The summed E-state index contributed by atoms with van der Waals surface area (Å²) in [6, 6.07) is 8.77. The first kappa shape index (κ1) is 16.0. The number of carbonyl (C=O) groups is 1. The molecule has 1 aromatic carbocycles. The van der Waals surface area contributed by atoms with E-state index in [1.165, 1.54) is 0 Å². The number of aryl methyl sites for hydroxylation is 1.